The first kappa shape index (κ1) is 16.7. The quantitative estimate of drug-likeness (QED) is 0.621. The highest BCUT2D eigenvalue weighted by Crippen LogP contribution is 2.32. The molecule has 7 heteroatoms. The van der Waals surface area contributed by atoms with Crippen LogP contribution in [-0.2, 0) is 6.42 Å². The Kier molecular flexibility index (Phi) is 5.46. The van der Waals surface area contributed by atoms with E-state index in [2.05, 4.69) is 22.2 Å². The second kappa shape index (κ2) is 7.53. The van der Waals surface area contributed by atoms with Gasteiger partial charge < -0.3 is 10.2 Å². The number of aryl methyl sites for hydroxylation is 1. The number of nitrogens with one attached hydrogen (secondary N) is 1. The average molecular weight is 315 g/mol. The maximum atomic E-state index is 11.4. The van der Waals surface area contributed by atoms with Gasteiger partial charge in [-0.3, -0.25) is 10.1 Å². The Hall–Kier alpha value is -2.70. The van der Waals surface area contributed by atoms with Crippen molar-refractivity contribution in [3.63, 3.8) is 0 Å². The molecule has 0 aliphatic carbocycles. The predicted molar refractivity (Wildman–Crippen MR) is 91.4 cm³/mol. The number of nitro groups is 1. The number of hydrogen-bond acceptors (Lipinski definition) is 6. The highest BCUT2D eigenvalue weighted by molar-refractivity contribution is 5.74. The fourth-order valence-electron chi connectivity index (χ4n) is 2.23. The number of benzene rings is 1. The summed E-state index contributed by atoms with van der Waals surface area (Å²) >= 11 is 0. The SMILES string of the molecule is CCCCc1ccc(Nc2ncnc(N(C)C)c2[N+](=O)[O-])cc1. The molecule has 1 N–H and O–H groups in total. The Morgan fingerprint density at radius 3 is 2.48 bits per heavy atom. The van der Waals surface area contributed by atoms with Crippen LogP contribution in [0.25, 0.3) is 0 Å². The Bertz CT molecular complexity index is 671. The third-order valence-electron chi connectivity index (χ3n) is 3.44. The van der Waals surface area contributed by atoms with Crippen LogP contribution < -0.4 is 10.2 Å². The smallest absolute Gasteiger partial charge is 0.353 e. The van der Waals surface area contributed by atoms with E-state index in [-0.39, 0.29) is 17.3 Å². The molecule has 1 aromatic carbocycles. The van der Waals surface area contributed by atoms with E-state index in [1.807, 2.05) is 24.3 Å². The molecular weight excluding hydrogens is 294 g/mol. The molecule has 7 nitrogen and oxygen atoms in total. The van der Waals surface area contributed by atoms with Crippen LogP contribution in [0.1, 0.15) is 25.3 Å². The van der Waals surface area contributed by atoms with Crippen molar-refractivity contribution in [3.05, 3.63) is 46.3 Å². The molecule has 0 radical (unpaired) electrons. The maximum absolute atomic E-state index is 11.4. The number of unbranched alkanes of at least 4 members (excludes halogenated alkanes) is 1. The summed E-state index contributed by atoms with van der Waals surface area (Å²) in [6.07, 6.45) is 4.66. The minimum Gasteiger partial charge on any atom is -0.357 e. The number of anilines is 3. The molecule has 2 rings (SSSR count). The maximum Gasteiger partial charge on any atom is 0.353 e. The molecule has 0 aliphatic rings. The summed E-state index contributed by atoms with van der Waals surface area (Å²) in [5.41, 5.74) is 1.88. The van der Waals surface area contributed by atoms with Gasteiger partial charge in [0.05, 0.1) is 4.92 Å². The van der Waals surface area contributed by atoms with Gasteiger partial charge in [-0.2, -0.15) is 0 Å². The van der Waals surface area contributed by atoms with Crippen molar-refractivity contribution >= 4 is 23.0 Å². The Morgan fingerprint density at radius 2 is 1.91 bits per heavy atom. The first-order valence-corrected chi connectivity index (χ1v) is 7.55. The summed E-state index contributed by atoms with van der Waals surface area (Å²) in [6, 6.07) is 7.87. The zero-order valence-corrected chi connectivity index (χ0v) is 13.6. The lowest BCUT2D eigenvalue weighted by atomic mass is 10.1. The first-order valence-electron chi connectivity index (χ1n) is 7.55. The van der Waals surface area contributed by atoms with Crippen molar-refractivity contribution < 1.29 is 4.92 Å². The van der Waals surface area contributed by atoms with Gasteiger partial charge in [0.25, 0.3) is 0 Å². The van der Waals surface area contributed by atoms with Crippen LogP contribution in [0.5, 0.6) is 0 Å². The molecule has 2 aromatic rings. The van der Waals surface area contributed by atoms with E-state index in [1.54, 1.807) is 19.0 Å². The fraction of sp³-hybridized carbons (Fsp3) is 0.375. The van der Waals surface area contributed by atoms with Gasteiger partial charge in [0.1, 0.15) is 6.33 Å². The second-order valence-electron chi connectivity index (χ2n) is 5.47. The minimum atomic E-state index is -0.465. The second-order valence-corrected chi connectivity index (χ2v) is 5.47. The molecule has 0 saturated carbocycles. The number of aromatic nitrogens is 2. The molecule has 1 heterocycles. The number of rotatable bonds is 7. The van der Waals surface area contributed by atoms with Crippen molar-refractivity contribution in [2.45, 2.75) is 26.2 Å². The van der Waals surface area contributed by atoms with Crippen LogP contribution in [0.3, 0.4) is 0 Å². The summed E-state index contributed by atoms with van der Waals surface area (Å²) < 4.78 is 0. The van der Waals surface area contributed by atoms with Crippen molar-refractivity contribution in [1.29, 1.82) is 0 Å². The summed E-state index contributed by atoms with van der Waals surface area (Å²) in [5.74, 6) is 0.460. The van der Waals surface area contributed by atoms with E-state index in [0.29, 0.717) is 0 Å². The predicted octanol–water partition coefficient (Wildman–Crippen LogP) is 3.54. The van der Waals surface area contributed by atoms with Gasteiger partial charge in [-0.15, -0.1) is 0 Å². The molecule has 0 spiro atoms. The highest BCUT2D eigenvalue weighted by Gasteiger charge is 2.24. The van der Waals surface area contributed by atoms with E-state index in [0.717, 1.165) is 24.9 Å². The van der Waals surface area contributed by atoms with Gasteiger partial charge in [0, 0.05) is 19.8 Å². The molecule has 0 fully saturated rings. The Morgan fingerprint density at radius 1 is 1.22 bits per heavy atom. The van der Waals surface area contributed by atoms with Crippen molar-refractivity contribution in [3.8, 4) is 0 Å². The van der Waals surface area contributed by atoms with E-state index < -0.39 is 4.92 Å². The van der Waals surface area contributed by atoms with Crippen molar-refractivity contribution in [2.24, 2.45) is 0 Å². The monoisotopic (exact) mass is 315 g/mol. The minimum absolute atomic E-state index is 0.132. The van der Waals surface area contributed by atoms with E-state index in [9.17, 15) is 10.1 Å². The average Bonchev–Trinajstić information content (AvgIpc) is 2.53. The lowest BCUT2D eigenvalue weighted by Gasteiger charge is -2.13. The summed E-state index contributed by atoms with van der Waals surface area (Å²) in [6.45, 7) is 2.16. The Balaban J connectivity index is 2.26. The van der Waals surface area contributed by atoms with Gasteiger partial charge in [0.2, 0.25) is 11.6 Å². The first-order chi connectivity index (χ1) is 11.0. The number of hydrogen-bond donors (Lipinski definition) is 1. The lowest BCUT2D eigenvalue weighted by Crippen LogP contribution is -2.14. The van der Waals surface area contributed by atoms with Gasteiger partial charge in [-0.25, -0.2) is 9.97 Å². The highest BCUT2D eigenvalue weighted by atomic mass is 16.6. The van der Waals surface area contributed by atoms with Gasteiger partial charge in [-0.1, -0.05) is 25.5 Å². The lowest BCUT2D eigenvalue weighted by molar-refractivity contribution is -0.383. The van der Waals surface area contributed by atoms with Gasteiger partial charge >= 0.3 is 5.69 Å². The van der Waals surface area contributed by atoms with Crippen LogP contribution in [0.15, 0.2) is 30.6 Å². The van der Waals surface area contributed by atoms with Gasteiger partial charge in [0.15, 0.2) is 0 Å². The van der Waals surface area contributed by atoms with E-state index >= 15 is 0 Å². The molecule has 0 atom stereocenters. The van der Waals surface area contributed by atoms with Crippen LogP contribution in [0.4, 0.5) is 23.0 Å². The molecule has 0 aliphatic heterocycles. The third kappa shape index (κ3) is 4.15. The fourth-order valence-corrected chi connectivity index (χ4v) is 2.23. The zero-order valence-electron chi connectivity index (χ0n) is 13.6. The van der Waals surface area contributed by atoms with Crippen molar-refractivity contribution in [2.75, 3.05) is 24.3 Å². The number of nitrogens with zero attached hydrogens (tertiary/aromatic N) is 4. The molecule has 23 heavy (non-hydrogen) atoms. The molecule has 0 saturated heterocycles. The van der Waals surface area contributed by atoms with Crippen LogP contribution >= 0.6 is 0 Å². The molecule has 0 amide bonds. The zero-order chi connectivity index (χ0) is 16.8. The van der Waals surface area contributed by atoms with E-state index in [4.69, 9.17) is 0 Å². The van der Waals surface area contributed by atoms with Crippen LogP contribution in [-0.4, -0.2) is 29.0 Å². The topological polar surface area (TPSA) is 84.2 Å². The normalized spacial score (nSPS) is 10.4. The largest absolute Gasteiger partial charge is 0.357 e. The summed E-state index contributed by atoms with van der Waals surface area (Å²) in [5, 5.41) is 14.4. The molecule has 1 aromatic heterocycles. The molecule has 122 valence electrons. The molecule has 0 bridgehead atoms. The van der Waals surface area contributed by atoms with E-state index in [1.165, 1.54) is 11.9 Å². The van der Waals surface area contributed by atoms with Gasteiger partial charge in [-0.05, 0) is 30.5 Å². The standard InChI is InChI=1S/C16H21N5O2/c1-4-5-6-12-7-9-13(10-8-12)19-15-14(21(22)23)16(20(2)3)18-11-17-15/h7-11H,4-6H2,1-3H3,(H,17,18,19). The van der Waals surface area contributed by atoms with Crippen molar-refractivity contribution in [1.82, 2.24) is 9.97 Å². The summed E-state index contributed by atoms with van der Waals surface area (Å²) in [7, 11) is 3.42. The van der Waals surface area contributed by atoms with Crippen LogP contribution in [0.2, 0.25) is 0 Å². The van der Waals surface area contributed by atoms with Crippen LogP contribution in [0, 0.1) is 10.1 Å². The molecule has 0 unspecified atom stereocenters. The Labute approximate surface area is 135 Å². The molecular formula is C16H21N5O2. The third-order valence-corrected chi connectivity index (χ3v) is 3.44. The summed E-state index contributed by atoms with van der Waals surface area (Å²) in [4.78, 5) is 20.5.